The number of hydrogen-bond donors (Lipinski definition) is 0. The summed E-state index contributed by atoms with van der Waals surface area (Å²) in [5.74, 6) is 0. The molecule has 0 spiro atoms. The molecule has 0 unspecified atom stereocenters. The van der Waals surface area contributed by atoms with Crippen molar-refractivity contribution in [3.63, 3.8) is 0 Å². The lowest BCUT2D eigenvalue weighted by Crippen LogP contribution is -2.26. The predicted molar refractivity (Wildman–Crippen MR) is 74.2 cm³/mol. The van der Waals surface area contributed by atoms with Crippen LogP contribution in [0.4, 0.5) is 0 Å². The minimum absolute atomic E-state index is 0.340. The van der Waals surface area contributed by atoms with Crippen LogP contribution in [0, 0.1) is 6.92 Å². The summed E-state index contributed by atoms with van der Waals surface area (Å²) < 4.78 is 26.0. The Labute approximate surface area is 112 Å². The molecule has 2 aromatic rings. The number of aryl methyl sites for hydroxylation is 1. The predicted octanol–water partition coefficient (Wildman–Crippen LogP) is 2.88. The first-order valence-corrected chi connectivity index (χ1v) is 7.87. The zero-order chi connectivity index (χ0) is 13.2. The normalized spacial score (nSPS) is 11.9. The van der Waals surface area contributed by atoms with E-state index in [9.17, 15) is 8.42 Å². The monoisotopic (exact) mass is 281 g/mol. The van der Waals surface area contributed by atoms with Gasteiger partial charge in [-0.2, -0.15) is 4.31 Å². The highest BCUT2D eigenvalue weighted by atomic mass is 32.2. The van der Waals surface area contributed by atoms with Crippen molar-refractivity contribution in [2.24, 2.45) is 0 Å². The van der Waals surface area contributed by atoms with Gasteiger partial charge in [-0.1, -0.05) is 23.8 Å². The summed E-state index contributed by atoms with van der Waals surface area (Å²) in [5.41, 5.74) is 1.05. The van der Waals surface area contributed by atoms with Gasteiger partial charge in [-0.05, 0) is 30.5 Å². The van der Waals surface area contributed by atoms with Crippen LogP contribution in [-0.4, -0.2) is 19.8 Å². The number of nitrogens with zero attached hydrogens (tertiary/aromatic N) is 1. The van der Waals surface area contributed by atoms with Crippen molar-refractivity contribution in [3.8, 4) is 0 Å². The lowest BCUT2D eigenvalue weighted by Gasteiger charge is -2.16. The van der Waals surface area contributed by atoms with Crippen molar-refractivity contribution in [2.75, 3.05) is 7.05 Å². The van der Waals surface area contributed by atoms with Crippen LogP contribution in [-0.2, 0) is 16.6 Å². The molecule has 0 saturated heterocycles. The van der Waals surface area contributed by atoms with Crippen molar-refractivity contribution >= 4 is 21.4 Å². The van der Waals surface area contributed by atoms with Crippen molar-refractivity contribution in [2.45, 2.75) is 18.4 Å². The van der Waals surface area contributed by atoms with E-state index in [2.05, 4.69) is 0 Å². The van der Waals surface area contributed by atoms with Gasteiger partial charge in [0.05, 0.1) is 4.90 Å². The quantitative estimate of drug-likeness (QED) is 0.864. The Kier molecular flexibility index (Phi) is 3.85. The van der Waals surface area contributed by atoms with E-state index in [0.29, 0.717) is 11.4 Å². The third-order valence-corrected chi connectivity index (χ3v) is 5.37. The Bertz CT molecular complexity index is 601. The van der Waals surface area contributed by atoms with E-state index < -0.39 is 10.0 Å². The smallest absolute Gasteiger partial charge is 0.207 e. The molecule has 0 radical (unpaired) electrons. The molecule has 1 aromatic heterocycles. The minimum Gasteiger partial charge on any atom is -0.207 e. The molecule has 0 amide bonds. The second-order valence-electron chi connectivity index (χ2n) is 4.15. The fraction of sp³-hybridized carbons (Fsp3) is 0.231. The largest absolute Gasteiger partial charge is 0.243 e. The fourth-order valence-corrected chi connectivity index (χ4v) is 3.59. The summed E-state index contributed by atoms with van der Waals surface area (Å²) in [5, 5.41) is 1.95. The molecule has 0 aliphatic carbocycles. The molecule has 0 aliphatic heterocycles. The molecule has 5 heteroatoms. The van der Waals surface area contributed by atoms with Crippen molar-refractivity contribution in [1.29, 1.82) is 0 Å². The standard InChI is InChI=1S/C13H15NO2S2/c1-11-5-7-13(8-6-11)18(15,16)14(2)10-12-4-3-9-17-12/h3-9H,10H2,1-2H3. The van der Waals surface area contributed by atoms with Crippen LogP contribution in [0.2, 0.25) is 0 Å². The van der Waals surface area contributed by atoms with Gasteiger partial charge in [-0.3, -0.25) is 0 Å². The van der Waals surface area contributed by atoms with Gasteiger partial charge in [-0.25, -0.2) is 8.42 Å². The van der Waals surface area contributed by atoms with E-state index in [1.54, 1.807) is 30.5 Å². The fourth-order valence-electron chi connectivity index (χ4n) is 1.60. The third-order valence-electron chi connectivity index (χ3n) is 2.69. The van der Waals surface area contributed by atoms with E-state index >= 15 is 0 Å². The van der Waals surface area contributed by atoms with Gasteiger partial charge in [0, 0.05) is 18.5 Å². The first-order valence-electron chi connectivity index (χ1n) is 5.55. The van der Waals surface area contributed by atoms with Gasteiger partial charge in [0.1, 0.15) is 0 Å². The van der Waals surface area contributed by atoms with E-state index in [1.807, 2.05) is 36.6 Å². The first-order chi connectivity index (χ1) is 8.50. The lowest BCUT2D eigenvalue weighted by molar-refractivity contribution is 0.469. The molecule has 0 aliphatic rings. The second kappa shape index (κ2) is 5.22. The highest BCUT2D eigenvalue weighted by Gasteiger charge is 2.20. The van der Waals surface area contributed by atoms with E-state index in [4.69, 9.17) is 0 Å². The van der Waals surface area contributed by atoms with Gasteiger partial charge >= 0.3 is 0 Å². The summed E-state index contributed by atoms with van der Waals surface area (Å²) in [7, 11) is -1.79. The average Bonchev–Trinajstić information content (AvgIpc) is 2.82. The first kappa shape index (κ1) is 13.3. The summed E-state index contributed by atoms with van der Waals surface area (Å²) >= 11 is 1.56. The molecular formula is C13H15NO2S2. The van der Waals surface area contributed by atoms with Crippen molar-refractivity contribution < 1.29 is 8.42 Å². The molecule has 0 saturated carbocycles. The summed E-state index contributed by atoms with van der Waals surface area (Å²) in [6.07, 6.45) is 0. The van der Waals surface area contributed by atoms with Gasteiger partial charge in [-0.15, -0.1) is 11.3 Å². The van der Waals surface area contributed by atoms with E-state index in [0.717, 1.165) is 10.4 Å². The van der Waals surface area contributed by atoms with Crippen LogP contribution in [0.25, 0.3) is 0 Å². The topological polar surface area (TPSA) is 37.4 Å². The van der Waals surface area contributed by atoms with Crippen LogP contribution < -0.4 is 0 Å². The molecule has 3 nitrogen and oxygen atoms in total. The summed E-state index contributed by atoms with van der Waals surface area (Å²) in [4.78, 5) is 1.38. The van der Waals surface area contributed by atoms with Crippen molar-refractivity contribution in [3.05, 3.63) is 52.2 Å². The van der Waals surface area contributed by atoms with Gasteiger partial charge < -0.3 is 0 Å². The van der Waals surface area contributed by atoms with Gasteiger partial charge in [0.2, 0.25) is 10.0 Å². The van der Waals surface area contributed by atoms with Crippen LogP contribution in [0.5, 0.6) is 0 Å². The van der Waals surface area contributed by atoms with E-state index in [-0.39, 0.29) is 0 Å². The van der Waals surface area contributed by atoms with Gasteiger partial charge in [0.25, 0.3) is 0 Å². The highest BCUT2D eigenvalue weighted by molar-refractivity contribution is 7.89. The maximum absolute atomic E-state index is 12.3. The second-order valence-corrected chi connectivity index (χ2v) is 7.23. The molecule has 96 valence electrons. The number of hydrogen-bond acceptors (Lipinski definition) is 3. The van der Waals surface area contributed by atoms with Gasteiger partial charge in [0.15, 0.2) is 0 Å². The molecule has 2 rings (SSSR count). The number of thiophene rings is 1. The number of benzene rings is 1. The molecule has 1 aromatic carbocycles. The Morgan fingerprint density at radius 1 is 1.17 bits per heavy atom. The zero-order valence-corrected chi connectivity index (χ0v) is 12.0. The molecule has 0 bridgehead atoms. The Morgan fingerprint density at radius 2 is 1.83 bits per heavy atom. The molecular weight excluding hydrogens is 266 g/mol. The summed E-state index contributed by atoms with van der Waals surface area (Å²) in [6.45, 7) is 2.35. The Morgan fingerprint density at radius 3 is 2.39 bits per heavy atom. The van der Waals surface area contributed by atoms with Crippen LogP contribution in [0.15, 0.2) is 46.7 Å². The maximum atomic E-state index is 12.3. The minimum atomic E-state index is -3.39. The molecule has 18 heavy (non-hydrogen) atoms. The Hall–Kier alpha value is -1.17. The average molecular weight is 281 g/mol. The number of sulfonamides is 1. The SMILES string of the molecule is Cc1ccc(S(=O)(=O)N(C)Cc2cccs2)cc1. The van der Waals surface area contributed by atoms with Crippen molar-refractivity contribution in [1.82, 2.24) is 4.31 Å². The number of rotatable bonds is 4. The van der Waals surface area contributed by atoms with Crippen LogP contribution in [0.1, 0.15) is 10.4 Å². The molecule has 0 atom stereocenters. The molecule has 0 N–H and O–H groups in total. The molecule has 1 heterocycles. The van der Waals surface area contributed by atoms with Crippen LogP contribution in [0.3, 0.4) is 0 Å². The summed E-state index contributed by atoms with van der Waals surface area (Å²) in [6, 6.07) is 10.8. The molecule has 0 fully saturated rings. The third kappa shape index (κ3) is 2.80. The lowest BCUT2D eigenvalue weighted by atomic mass is 10.2. The Balaban J connectivity index is 2.22. The maximum Gasteiger partial charge on any atom is 0.243 e. The highest BCUT2D eigenvalue weighted by Crippen LogP contribution is 2.19. The zero-order valence-electron chi connectivity index (χ0n) is 10.3. The van der Waals surface area contributed by atoms with Crippen LogP contribution >= 0.6 is 11.3 Å². The van der Waals surface area contributed by atoms with E-state index in [1.165, 1.54) is 4.31 Å².